The summed E-state index contributed by atoms with van der Waals surface area (Å²) in [5.41, 5.74) is 0. The molecule has 10 heavy (non-hydrogen) atoms. The van der Waals surface area contributed by atoms with Gasteiger partial charge in [-0.25, -0.2) is 0 Å². The van der Waals surface area contributed by atoms with Crippen LogP contribution in [0.15, 0.2) is 0 Å². The number of nitrogens with one attached hydrogen (secondary N) is 2. The lowest BCUT2D eigenvalue weighted by molar-refractivity contribution is 1.09. The van der Waals surface area contributed by atoms with E-state index in [0.29, 0.717) is 0 Å². The summed E-state index contributed by atoms with van der Waals surface area (Å²) in [5.74, 6) is 0. The van der Waals surface area contributed by atoms with Gasteiger partial charge in [0.15, 0.2) is 8.40 Å². The fourth-order valence-corrected chi connectivity index (χ4v) is 9.00. The Kier molecular flexibility index (Phi) is 3.28. The second-order valence-electron chi connectivity index (χ2n) is 4.25. The summed E-state index contributed by atoms with van der Waals surface area (Å²) < 4.78 is 3.71. The topological polar surface area (TPSA) is 24.1 Å². The van der Waals surface area contributed by atoms with Crippen molar-refractivity contribution >= 4 is 16.6 Å². The molecule has 0 amide bonds. The van der Waals surface area contributed by atoms with E-state index in [2.05, 4.69) is 42.4 Å². The summed E-state index contributed by atoms with van der Waals surface area (Å²) in [6.45, 7) is 11.6. The van der Waals surface area contributed by atoms with Gasteiger partial charge in [-0.3, -0.25) is 0 Å². The Hall–Kier alpha value is 0.354. The van der Waals surface area contributed by atoms with Crippen molar-refractivity contribution in [1.82, 2.24) is 9.63 Å². The third-order valence-corrected chi connectivity index (χ3v) is 8.06. The first-order valence-electron chi connectivity index (χ1n) is 3.75. The standard InChI is InChI=1S/C6H20N2Si2/c1-7-10(5,6)8-9(2,3)4/h7-8H,1-6H3. The zero-order valence-electron chi connectivity index (χ0n) is 8.00. The van der Waals surface area contributed by atoms with E-state index in [1.54, 1.807) is 0 Å². The molecule has 0 unspecified atom stereocenters. The summed E-state index contributed by atoms with van der Waals surface area (Å²) >= 11 is 0. The predicted molar refractivity (Wildman–Crippen MR) is 53.0 cm³/mol. The van der Waals surface area contributed by atoms with Crippen LogP contribution in [0.2, 0.25) is 32.7 Å². The Labute approximate surface area is 66.7 Å². The van der Waals surface area contributed by atoms with Crippen molar-refractivity contribution < 1.29 is 0 Å². The van der Waals surface area contributed by atoms with Crippen molar-refractivity contribution in [2.45, 2.75) is 32.7 Å². The molecule has 62 valence electrons. The maximum atomic E-state index is 3.71. The summed E-state index contributed by atoms with van der Waals surface area (Å²) in [6.07, 6.45) is 0. The van der Waals surface area contributed by atoms with Crippen LogP contribution in [-0.2, 0) is 0 Å². The van der Waals surface area contributed by atoms with E-state index < -0.39 is 16.6 Å². The monoisotopic (exact) mass is 176 g/mol. The van der Waals surface area contributed by atoms with Crippen molar-refractivity contribution in [3.05, 3.63) is 0 Å². The number of rotatable bonds is 3. The molecule has 0 rings (SSSR count). The molecule has 0 aliphatic carbocycles. The van der Waals surface area contributed by atoms with Crippen LogP contribution in [0, 0.1) is 0 Å². The molecule has 0 aliphatic heterocycles. The average molecular weight is 176 g/mol. The van der Waals surface area contributed by atoms with Crippen molar-refractivity contribution in [3.8, 4) is 0 Å². The third-order valence-electron chi connectivity index (χ3n) is 1.31. The van der Waals surface area contributed by atoms with Gasteiger partial charge in [0.05, 0.1) is 0 Å². The van der Waals surface area contributed by atoms with Gasteiger partial charge in [0.25, 0.3) is 0 Å². The minimum Gasteiger partial charge on any atom is -0.348 e. The Bertz CT molecular complexity index is 107. The van der Waals surface area contributed by atoms with Crippen LogP contribution >= 0.6 is 0 Å². The summed E-state index contributed by atoms with van der Waals surface area (Å²) in [4.78, 5) is 3.36. The maximum Gasteiger partial charge on any atom is 0.188 e. The van der Waals surface area contributed by atoms with E-state index in [-0.39, 0.29) is 0 Å². The van der Waals surface area contributed by atoms with Crippen molar-refractivity contribution in [1.29, 1.82) is 0 Å². The molecule has 0 radical (unpaired) electrons. The average Bonchev–Trinajstić information content (AvgIpc) is 1.60. The van der Waals surface area contributed by atoms with E-state index >= 15 is 0 Å². The molecule has 0 aromatic carbocycles. The summed E-state index contributed by atoms with van der Waals surface area (Å²) in [6, 6.07) is 0. The first-order chi connectivity index (χ1) is 4.27. The van der Waals surface area contributed by atoms with Gasteiger partial charge >= 0.3 is 0 Å². The van der Waals surface area contributed by atoms with E-state index in [0.717, 1.165) is 0 Å². The Morgan fingerprint density at radius 1 is 0.900 bits per heavy atom. The normalized spacial score (nSPS) is 13.8. The molecular formula is C6H20N2Si2. The van der Waals surface area contributed by atoms with Crippen LogP contribution in [-0.4, -0.2) is 23.7 Å². The van der Waals surface area contributed by atoms with Gasteiger partial charge in [-0.2, -0.15) is 0 Å². The molecule has 4 heteroatoms. The quantitative estimate of drug-likeness (QED) is 0.634. The molecule has 2 N–H and O–H groups in total. The highest BCUT2D eigenvalue weighted by molar-refractivity contribution is 6.89. The third kappa shape index (κ3) is 5.16. The molecule has 0 saturated carbocycles. The molecule has 0 spiro atoms. The molecular weight excluding hydrogens is 156 g/mol. The fraction of sp³-hybridized carbons (Fsp3) is 1.00. The molecule has 0 heterocycles. The molecule has 0 aromatic rings. The van der Waals surface area contributed by atoms with Gasteiger partial charge in [-0.15, -0.1) is 0 Å². The van der Waals surface area contributed by atoms with E-state index in [1.165, 1.54) is 0 Å². The van der Waals surface area contributed by atoms with Gasteiger partial charge in [-0.05, 0) is 20.1 Å². The lowest BCUT2D eigenvalue weighted by Gasteiger charge is -2.31. The van der Waals surface area contributed by atoms with Gasteiger partial charge in [0, 0.05) is 0 Å². The Balaban J connectivity index is 3.89. The smallest absolute Gasteiger partial charge is 0.188 e. The van der Waals surface area contributed by atoms with Crippen LogP contribution in [0.1, 0.15) is 0 Å². The van der Waals surface area contributed by atoms with Crippen LogP contribution in [0.4, 0.5) is 0 Å². The summed E-state index contributed by atoms with van der Waals surface area (Å²) in [7, 11) is -0.274. The van der Waals surface area contributed by atoms with E-state index in [1.807, 2.05) is 7.05 Å². The van der Waals surface area contributed by atoms with Gasteiger partial charge in [0.2, 0.25) is 0 Å². The minimum absolute atomic E-state index is 1.06. The molecule has 0 aromatic heterocycles. The Morgan fingerprint density at radius 2 is 1.30 bits per heavy atom. The predicted octanol–water partition coefficient (Wildman–Crippen LogP) is 1.33. The van der Waals surface area contributed by atoms with Gasteiger partial charge in [0.1, 0.15) is 8.24 Å². The molecule has 0 aliphatic rings. The number of hydrogen-bond donors (Lipinski definition) is 2. The first kappa shape index (κ1) is 10.4. The second-order valence-corrected chi connectivity index (χ2v) is 13.5. The zero-order chi connectivity index (χ0) is 8.41. The highest BCUT2D eigenvalue weighted by Gasteiger charge is 2.25. The molecule has 2 nitrogen and oxygen atoms in total. The van der Waals surface area contributed by atoms with E-state index in [4.69, 9.17) is 0 Å². The maximum absolute atomic E-state index is 3.71. The highest BCUT2D eigenvalue weighted by atomic mass is 28.4. The Morgan fingerprint density at radius 3 is 1.40 bits per heavy atom. The summed E-state index contributed by atoms with van der Waals surface area (Å²) in [5, 5.41) is 0. The first-order valence-corrected chi connectivity index (χ1v) is 10.2. The molecule has 0 fully saturated rings. The highest BCUT2D eigenvalue weighted by Crippen LogP contribution is 2.00. The van der Waals surface area contributed by atoms with Crippen LogP contribution in [0.25, 0.3) is 0 Å². The lowest BCUT2D eigenvalue weighted by atomic mass is 11.6. The SMILES string of the molecule is CN[Si](C)(C)N[Si](C)(C)C. The van der Waals surface area contributed by atoms with Crippen LogP contribution in [0.3, 0.4) is 0 Å². The molecule has 0 atom stereocenters. The number of hydrogen-bond acceptors (Lipinski definition) is 2. The van der Waals surface area contributed by atoms with Crippen LogP contribution in [0.5, 0.6) is 0 Å². The lowest BCUT2D eigenvalue weighted by Crippen LogP contribution is -2.64. The van der Waals surface area contributed by atoms with E-state index in [9.17, 15) is 0 Å². The van der Waals surface area contributed by atoms with Gasteiger partial charge in [-0.1, -0.05) is 19.6 Å². The van der Waals surface area contributed by atoms with Crippen molar-refractivity contribution in [2.75, 3.05) is 7.05 Å². The fourth-order valence-electron chi connectivity index (χ4n) is 1.00. The van der Waals surface area contributed by atoms with Crippen LogP contribution < -0.4 is 9.63 Å². The minimum atomic E-state index is -1.25. The largest absolute Gasteiger partial charge is 0.348 e. The molecule has 0 bridgehead atoms. The van der Waals surface area contributed by atoms with Crippen molar-refractivity contribution in [3.63, 3.8) is 0 Å². The second kappa shape index (κ2) is 3.17. The zero-order valence-corrected chi connectivity index (χ0v) is 10.0. The van der Waals surface area contributed by atoms with Gasteiger partial charge < -0.3 is 9.63 Å². The van der Waals surface area contributed by atoms with Crippen molar-refractivity contribution in [2.24, 2.45) is 0 Å². The molecule has 0 saturated heterocycles.